The molecule has 0 saturated carbocycles. The highest BCUT2D eigenvalue weighted by molar-refractivity contribution is 7.92. The van der Waals surface area contributed by atoms with Crippen molar-refractivity contribution in [2.24, 2.45) is 0 Å². The van der Waals surface area contributed by atoms with Crippen LogP contribution in [0.4, 0.5) is 24.5 Å². The first-order valence-electron chi connectivity index (χ1n) is 12.8. The topological polar surface area (TPSA) is 124 Å². The van der Waals surface area contributed by atoms with Gasteiger partial charge in [0.25, 0.3) is 5.91 Å². The van der Waals surface area contributed by atoms with Gasteiger partial charge in [-0.25, -0.2) is 13.4 Å². The second-order valence-electron chi connectivity index (χ2n) is 10.5. The Labute approximate surface area is 246 Å². The highest BCUT2D eigenvalue weighted by atomic mass is 35.5. The lowest BCUT2D eigenvalue weighted by Crippen LogP contribution is -2.57. The third-order valence-corrected chi connectivity index (χ3v) is 7.28. The van der Waals surface area contributed by atoms with E-state index in [4.69, 9.17) is 11.6 Å². The lowest BCUT2D eigenvalue weighted by atomic mass is 9.99. The monoisotopic (exact) mass is 626 g/mol. The molecule has 2 heterocycles. The van der Waals surface area contributed by atoms with Crippen molar-refractivity contribution in [3.05, 3.63) is 64.8 Å². The number of sulfonamides is 1. The van der Waals surface area contributed by atoms with Crippen LogP contribution in [0.15, 0.2) is 48.5 Å². The van der Waals surface area contributed by atoms with Gasteiger partial charge < -0.3 is 20.4 Å². The summed E-state index contributed by atoms with van der Waals surface area (Å²) >= 11 is 6.14. The molecule has 1 saturated heterocycles. The van der Waals surface area contributed by atoms with Crippen molar-refractivity contribution in [3.63, 3.8) is 0 Å². The summed E-state index contributed by atoms with van der Waals surface area (Å²) in [4.78, 5) is 33.2. The number of nitrogens with one attached hydrogen (secondary N) is 3. The number of pyridine rings is 1. The van der Waals surface area contributed by atoms with Gasteiger partial charge in [0.1, 0.15) is 5.69 Å². The molecular formula is C27H30ClF3N6O4S. The summed E-state index contributed by atoms with van der Waals surface area (Å²) in [6.45, 7) is 0.450. The van der Waals surface area contributed by atoms with Crippen molar-refractivity contribution in [1.82, 2.24) is 20.1 Å². The first-order chi connectivity index (χ1) is 19.6. The predicted octanol–water partition coefficient (Wildman–Crippen LogP) is 3.65. The summed E-state index contributed by atoms with van der Waals surface area (Å²) in [5.41, 5.74) is -0.440. The average molecular weight is 627 g/mol. The average Bonchev–Trinajstić information content (AvgIpc) is 2.87. The van der Waals surface area contributed by atoms with E-state index in [-0.39, 0.29) is 54.4 Å². The molecule has 2 atom stereocenters. The third-order valence-electron chi connectivity index (χ3n) is 6.44. The molecule has 15 heteroatoms. The molecule has 1 aliphatic rings. The molecule has 0 radical (unpaired) electrons. The first kappa shape index (κ1) is 31.3. The van der Waals surface area contributed by atoms with E-state index < -0.39 is 39.9 Å². The van der Waals surface area contributed by atoms with Crippen LogP contribution in [0.2, 0.25) is 5.02 Å². The van der Waals surface area contributed by atoms with Crippen LogP contribution in [0, 0.1) is 0 Å². The van der Waals surface area contributed by atoms with E-state index in [1.54, 1.807) is 23.9 Å². The number of carbonyl (C=O) groups is 2. The van der Waals surface area contributed by atoms with Crippen molar-refractivity contribution >= 4 is 55.7 Å². The number of carbonyl (C=O) groups excluding carboxylic acids is 2. The zero-order valence-electron chi connectivity index (χ0n) is 23.0. The van der Waals surface area contributed by atoms with Gasteiger partial charge in [0.2, 0.25) is 15.9 Å². The van der Waals surface area contributed by atoms with E-state index in [9.17, 15) is 31.2 Å². The zero-order valence-corrected chi connectivity index (χ0v) is 24.6. The van der Waals surface area contributed by atoms with Crippen LogP contribution in [0.25, 0.3) is 10.9 Å². The number of piperidine rings is 1. The Morgan fingerprint density at radius 3 is 2.48 bits per heavy atom. The van der Waals surface area contributed by atoms with Gasteiger partial charge in [0, 0.05) is 52.5 Å². The van der Waals surface area contributed by atoms with Crippen molar-refractivity contribution in [2.75, 3.05) is 50.0 Å². The quantitative estimate of drug-likeness (QED) is 0.349. The van der Waals surface area contributed by atoms with Crippen LogP contribution in [0.5, 0.6) is 0 Å². The van der Waals surface area contributed by atoms with Crippen LogP contribution in [-0.2, 0) is 21.0 Å². The summed E-state index contributed by atoms with van der Waals surface area (Å²) in [6, 6.07) is 10.1. The molecule has 226 valence electrons. The number of alkyl halides is 3. The Hall–Kier alpha value is -3.62. The Bertz CT molecular complexity index is 1600. The smallest absolute Gasteiger partial charge is 0.380 e. The number of aromatic nitrogens is 1. The Morgan fingerprint density at radius 1 is 1.10 bits per heavy atom. The van der Waals surface area contributed by atoms with Crippen LogP contribution in [-0.4, -0.2) is 87.1 Å². The summed E-state index contributed by atoms with van der Waals surface area (Å²) in [7, 11) is -0.0908. The van der Waals surface area contributed by atoms with Gasteiger partial charge in [-0.1, -0.05) is 17.7 Å². The largest absolute Gasteiger partial charge is 0.433 e. The second-order valence-corrected chi connectivity index (χ2v) is 12.6. The molecule has 0 unspecified atom stereocenters. The van der Waals surface area contributed by atoms with Gasteiger partial charge in [-0.2, -0.15) is 13.2 Å². The summed E-state index contributed by atoms with van der Waals surface area (Å²) in [6.07, 6.45) is -3.42. The number of fused-ring (bicyclic) bond motifs is 1. The Morgan fingerprint density at radius 2 is 1.81 bits per heavy atom. The highest BCUT2D eigenvalue weighted by Gasteiger charge is 2.35. The molecule has 1 aliphatic heterocycles. The van der Waals surface area contributed by atoms with E-state index >= 15 is 0 Å². The normalized spacial score (nSPS) is 17.8. The van der Waals surface area contributed by atoms with Gasteiger partial charge in [-0.3, -0.25) is 14.3 Å². The minimum absolute atomic E-state index is 0.0958. The Kier molecular flexibility index (Phi) is 9.18. The predicted molar refractivity (Wildman–Crippen MR) is 155 cm³/mol. The number of hydrogen-bond donors (Lipinski definition) is 3. The SMILES string of the molecule is CN(C)CC(=O)N1C[C@@H](NC(=O)c2cccc(NS(C)(=O)=O)c2)C[C@@H](Nc2cc(C(F)(F)F)nc3ccc(Cl)cc23)C1. The maximum atomic E-state index is 13.7. The molecule has 1 fully saturated rings. The summed E-state index contributed by atoms with van der Waals surface area (Å²) < 4.78 is 66.5. The van der Waals surface area contributed by atoms with Crippen LogP contribution >= 0.6 is 11.6 Å². The molecule has 0 aliphatic carbocycles. The van der Waals surface area contributed by atoms with E-state index in [2.05, 4.69) is 20.3 Å². The maximum Gasteiger partial charge on any atom is 0.433 e. The van der Waals surface area contributed by atoms with Gasteiger partial charge in [0.15, 0.2) is 0 Å². The van der Waals surface area contributed by atoms with E-state index in [0.717, 1.165) is 12.3 Å². The summed E-state index contributed by atoms with van der Waals surface area (Å²) in [5, 5.41) is 6.72. The molecule has 4 rings (SSSR count). The number of anilines is 2. The molecule has 2 aromatic carbocycles. The van der Waals surface area contributed by atoms with Gasteiger partial charge >= 0.3 is 6.18 Å². The molecule has 0 spiro atoms. The van der Waals surface area contributed by atoms with Gasteiger partial charge in [-0.05, 0) is 63.0 Å². The fourth-order valence-corrected chi connectivity index (χ4v) is 5.50. The Balaban J connectivity index is 1.62. The first-order valence-corrected chi connectivity index (χ1v) is 15.1. The fourth-order valence-electron chi connectivity index (χ4n) is 4.77. The van der Waals surface area contributed by atoms with Crippen LogP contribution in [0.3, 0.4) is 0 Å². The van der Waals surface area contributed by atoms with Crippen molar-refractivity contribution in [2.45, 2.75) is 24.7 Å². The molecule has 2 amide bonds. The minimum Gasteiger partial charge on any atom is -0.380 e. The van der Waals surface area contributed by atoms with Crippen molar-refractivity contribution < 1.29 is 31.2 Å². The number of rotatable bonds is 8. The third kappa shape index (κ3) is 8.23. The lowest BCUT2D eigenvalue weighted by molar-refractivity contribution is -0.141. The van der Waals surface area contributed by atoms with Crippen molar-refractivity contribution in [3.8, 4) is 0 Å². The zero-order chi connectivity index (χ0) is 30.8. The lowest BCUT2D eigenvalue weighted by Gasteiger charge is -2.39. The van der Waals surface area contributed by atoms with E-state index in [1.165, 1.54) is 42.5 Å². The number of hydrogen-bond acceptors (Lipinski definition) is 7. The molecule has 42 heavy (non-hydrogen) atoms. The molecule has 3 N–H and O–H groups in total. The number of likely N-dealkylation sites (tertiary alicyclic amines) is 1. The standard InChI is InChI=1S/C27H30ClF3N6O4S/c1-36(2)15-25(38)37-13-19(32-23-12-24(27(29,30)31)34-22-8-7-17(28)10-21(22)23)11-20(14-37)33-26(39)16-5-4-6-18(9-16)35-42(3,40)41/h4-10,12,19-20,35H,11,13-15H2,1-3H3,(H,32,34)(H,33,39)/t19-,20+/m1/s1. The molecule has 10 nitrogen and oxygen atoms in total. The highest BCUT2D eigenvalue weighted by Crippen LogP contribution is 2.35. The van der Waals surface area contributed by atoms with E-state index in [0.29, 0.717) is 10.4 Å². The van der Waals surface area contributed by atoms with Crippen LogP contribution < -0.4 is 15.4 Å². The molecule has 0 bridgehead atoms. The molecule has 3 aromatic rings. The van der Waals surface area contributed by atoms with E-state index in [1.807, 2.05) is 0 Å². The number of amides is 2. The van der Waals surface area contributed by atoms with Gasteiger partial charge in [0.05, 0.1) is 18.3 Å². The summed E-state index contributed by atoms with van der Waals surface area (Å²) in [5.74, 6) is -0.720. The second kappa shape index (κ2) is 12.3. The number of benzene rings is 2. The molecular weight excluding hydrogens is 597 g/mol. The van der Waals surface area contributed by atoms with Crippen LogP contribution in [0.1, 0.15) is 22.5 Å². The number of halogens is 4. The van der Waals surface area contributed by atoms with Crippen molar-refractivity contribution in [1.29, 1.82) is 0 Å². The molecule has 1 aromatic heterocycles. The number of nitrogens with zero attached hydrogens (tertiary/aromatic N) is 3. The number of likely N-dealkylation sites (N-methyl/N-ethyl adjacent to an activating group) is 1. The fraction of sp³-hybridized carbons (Fsp3) is 0.370. The minimum atomic E-state index is -4.69. The van der Waals surface area contributed by atoms with Gasteiger partial charge in [-0.15, -0.1) is 0 Å². The maximum absolute atomic E-state index is 13.7.